The van der Waals surface area contributed by atoms with Gasteiger partial charge in [0.2, 0.25) is 0 Å². The molecule has 0 heterocycles. The van der Waals surface area contributed by atoms with Gasteiger partial charge in [0.1, 0.15) is 0 Å². The quantitative estimate of drug-likeness (QED) is 0.552. The molecule has 0 amide bonds. The van der Waals surface area contributed by atoms with Crippen molar-refractivity contribution in [2.45, 2.75) is 12.8 Å². The molecule has 0 aliphatic heterocycles. The van der Waals surface area contributed by atoms with Crippen LogP contribution in [0.2, 0.25) is 0 Å². The second-order valence-corrected chi connectivity index (χ2v) is 3.10. The SMILES string of the molecule is CN(C)CCCC1=C=CC=C1. The molecule has 0 aromatic heterocycles. The summed E-state index contributed by atoms with van der Waals surface area (Å²) in [5.74, 6) is 0. The number of nitrogens with zero attached hydrogens (tertiary/aromatic N) is 1. The molecule has 1 aliphatic carbocycles. The van der Waals surface area contributed by atoms with Crippen molar-refractivity contribution < 1.29 is 0 Å². The zero-order valence-electron chi connectivity index (χ0n) is 7.30. The normalized spacial score (nSPS) is 14.6. The van der Waals surface area contributed by atoms with Crippen LogP contribution in [-0.4, -0.2) is 25.5 Å². The number of hydrogen-bond acceptors (Lipinski definition) is 1. The van der Waals surface area contributed by atoms with Crippen molar-refractivity contribution in [3.8, 4) is 0 Å². The molecule has 0 fully saturated rings. The summed E-state index contributed by atoms with van der Waals surface area (Å²) < 4.78 is 0. The van der Waals surface area contributed by atoms with E-state index in [4.69, 9.17) is 0 Å². The van der Waals surface area contributed by atoms with Gasteiger partial charge in [-0.3, -0.25) is 0 Å². The largest absolute Gasteiger partial charge is 0.309 e. The van der Waals surface area contributed by atoms with Gasteiger partial charge < -0.3 is 4.90 Å². The Morgan fingerprint density at radius 2 is 2.27 bits per heavy atom. The second kappa shape index (κ2) is 4.17. The first-order valence-corrected chi connectivity index (χ1v) is 4.06. The first-order chi connectivity index (χ1) is 5.29. The highest BCUT2D eigenvalue weighted by molar-refractivity contribution is 5.28. The summed E-state index contributed by atoms with van der Waals surface area (Å²) >= 11 is 0. The minimum Gasteiger partial charge on any atom is -0.309 e. The molecule has 0 spiro atoms. The molecule has 1 nitrogen and oxygen atoms in total. The molecule has 0 bridgehead atoms. The standard InChI is InChI=1S/C10H15N/c1-11(2)9-5-8-10-6-3-4-7-10/h3-4,6H,5,8-9H2,1-2H3. The molecule has 0 N–H and O–H groups in total. The molecule has 1 rings (SSSR count). The van der Waals surface area contributed by atoms with Crippen molar-refractivity contribution in [3.63, 3.8) is 0 Å². The molecule has 60 valence electrons. The summed E-state index contributed by atoms with van der Waals surface area (Å²) in [6.07, 6.45) is 8.55. The Hall–Kier alpha value is -0.780. The molecule has 0 radical (unpaired) electrons. The molecule has 0 saturated carbocycles. The van der Waals surface area contributed by atoms with Crippen molar-refractivity contribution in [1.29, 1.82) is 0 Å². The maximum Gasteiger partial charge on any atom is -0.00214 e. The van der Waals surface area contributed by atoms with Crippen LogP contribution in [0, 0.1) is 0 Å². The van der Waals surface area contributed by atoms with E-state index in [2.05, 4.69) is 30.8 Å². The summed E-state index contributed by atoms with van der Waals surface area (Å²) in [5, 5.41) is 0. The minimum atomic E-state index is 1.16. The first-order valence-electron chi connectivity index (χ1n) is 4.06. The lowest BCUT2D eigenvalue weighted by atomic mass is 10.1. The molecule has 1 heteroatoms. The van der Waals surface area contributed by atoms with Crippen LogP contribution in [0.15, 0.2) is 29.5 Å². The molecular formula is C10H15N. The lowest BCUT2D eigenvalue weighted by Gasteiger charge is -2.07. The molecule has 0 saturated heterocycles. The van der Waals surface area contributed by atoms with E-state index in [1.807, 2.05) is 12.2 Å². The fourth-order valence-electron chi connectivity index (χ4n) is 1.11. The summed E-state index contributed by atoms with van der Waals surface area (Å²) in [4.78, 5) is 2.21. The average molecular weight is 149 g/mol. The highest BCUT2D eigenvalue weighted by Gasteiger charge is 1.95. The fourth-order valence-corrected chi connectivity index (χ4v) is 1.11. The molecule has 1 aliphatic rings. The lowest BCUT2D eigenvalue weighted by molar-refractivity contribution is 0.401. The maximum absolute atomic E-state index is 3.19. The molecule has 0 aromatic rings. The van der Waals surface area contributed by atoms with E-state index in [0.29, 0.717) is 0 Å². The van der Waals surface area contributed by atoms with E-state index >= 15 is 0 Å². The van der Waals surface area contributed by atoms with E-state index in [9.17, 15) is 0 Å². The van der Waals surface area contributed by atoms with Crippen molar-refractivity contribution in [3.05, 3.63) is 29.5 Å². The van der Waals surface area contributed by atoms with Gasteiger partial charge in [-0.05, 0) is 45.1 Å². The zero-order valence-corrected chi connectivity index (χ0v) is 7.30. The van der Waals surface area contributed by atoms with Crippen LogP contribution in [0.4, 0.5) is 0 Å². The highest BCUT2D eigenvalue weighted by Crippen LogP contribution is 2.09. The van der Waals surface area contributed by atoms with Gasteiger partial charge in [-0.15, -0.1) is 5.73 Å². The van der Waals surface area contributed by atoms with E-state index in [1.165, 1.54) is 18.5 Å². The van der Waals surface area contributed by atoms with Crippen molar-refractivity contribution >= 4 is 0 Å². The Morgan fingerprint density at radius 1 is 1.45 bits per heavy atom. The smallest absolute Gasteiger partial charge is 0.00214 e. The Kier molecular flexibility index (Phi) is 3.15. The number of rotatable bonds is 4. The Labute approximate surface area is 68.7 Å². The molecule has 11 heavy (non-hydrogen) atoms. The van der Waals surface area contributed by atoms with Gasteiger partial charge in [0, 0.05) is 0 Å². The van der Waals surface area contributed by atoms with E-state index < -0.39 is 0 Å². The molecule has 0 aromatic carbocycles. The predicted molar refractivity (Wildman–Crippen MR) is 48.5 cm³/mol. The first kappa shape index (κ1) is 8.32. The van der Waals surface area contributed by atoms with E-state index in [1.54, 1.807) is 0 Å². The van der Waals surface area contributed by atoms with Gasteiger partial charge in [-0.1, -0.05) is 12.2 Å². The third-order valence-electron chi connectivity index (χ3n) is 1.71. The van der Waals surface area contributed by atoms with Gasteiger partial charge in [-0.25, -0.2) is 0 Å². The van der Waals surface area contributed by atoms with Crippen molar-refractivity contribution in [2.24, 2.45) is 0 Å². The zero-order chi connectivity index (χ0) is 8.10. The van der Waals surface area contributed by atoms with Crippen LogP contribution in [-0.2, 0) is 0 Å². The van der Waals surface area contributed by atoms with Crippen LogP contribution in [0.5, 0.6) is 0 Å². The Morgan fingerprint density at radius 3 is 2.82 bits per heavy atom. The lowest BCUT2D eigenvalue weighted by Crippen LogP contribution is -2.12. The molecule has 0 unspecified atom stereocenters. The number of hydrogen-bond donors (Lipinski definition) is 0. The second-order valence-electron chi connectivity index (χ2n) is 3.10. The Balaban J connectivity index is 2.13. The van der Waals surface area contributed by atoms with Gasteiger partial charge in [0.15, 0.2) is 0 Å². The third-order valence-corrected chi connectivity index (χ3v) is 1.71. The van der Waals surface area contributed by atoms with Gasteiger partial charge in [0.05, 0.1) is 0 Å². The average Bonchev–Trinajstić information content (AvgIpc) is 2.39. The molecular weight excluding hydrogens is 134 g/mol. The summed E-state index contributed by atoms with van der Waals surface area (Å²) in [5.41, 5.74) is 4.53. The van der Waals surface area contributed by atoms with Crippen LogP contribution in [0.3, 0.4) is 0 Å². The van der Waals surface area contributed by atoms with E-state index in [0.717, 1.165) is 6.42 Å². The topological polar surface area (TPSA) is 3.24 Å². The van der Waals surface area contributed by atoms with Crippen LogP contribution < -0.4 is 0 Å². The summed E-state index contributed by atoms with van der Waals surface area (Å²) in [7, 11) is 4.21. The molecule has 0 atom stereocenters. The van der Waals surface area contributed by atoms with Gasteiger partial charge in [-0.2, -0.15) is 0 Å². The maximum atomic E-state index is 3.19. The summed E-state index contributed by atoms with van der Waals surface area (Å²) in [6.45, 7) is 1.17. The fraction of sp³-hybridized carbons (Fsp3) is 0.500. The predicted octanol–water partition coefficient (Wildman–Crippen LogP) is 1.98. The minimum absolute atomic E-state index is 1.16. The van der Waals surface area contributed by atoms with Crippen molar-refractivity contribution in [1.82, 2.24) is 4.90 Å². The van der Waals surface area contributed by atoms with Crippen LogP contribution in [0.1, 0.15) is 12.8 Å². The van der Waals surface area contributed by atoms with Gasteiger partial charge in [0.25, 0.3) is 0 Å². The summed E-state index contributed by atoms with van der Waals surface area (Å²) in [6, 6.07) is 0. The third kappa shape index (κ3) is 3.22. The highest BCUT2D eigenvalue weighted by atomic mass is 15.0. The Bertz CT molecular complexity index is 205. The monoisotopic (exact) mass is 149 g/mol. The van der Waals surface area contributed by atoms with Crippen LogP contribution >= 0.6 is 0 Å². The number of allylic oxidation sites excluding steroid dienone is 3. The van der Waals surface area contributed by atoms with Crippen molar-refractivity contribution in [2.75, 3.05) is 20.6 Å². The van der Waals surface area contributed by atoms with Gasteiger partial charge >= 0.3 is 0 Å². The van der Waals surface area contributed by atoms with E-state index in [-0.39, 0.29) is 0 Å². The van der Waals surface area contributed by atoms with Crippen LogP contribution in [0.25, 0.3) is 0 Å².